The molecule has 0 aliphatic carbocycles. The maximum Gasteiger partial charge on any atom is 0.274 e. The number of benzene rings is 1. The van der Waals surface area contributed by atoms with Crippen molar-refractivity contribution in [1.82, 2.24) is 15.0 Å². The van der Waals surface area contributed by atoms with Crippen molar-refractivity contribution in [3.8, 4) is 0 Å². The molecule has 2 aromatic heterocycles. The Morgan fingerprint density at radius 3 is 2.68 bits per heavy atom. The number of pyridine rings is 1. The molecule has 0 atom stereocenters. The van der Waals surface area contributed by atoms with E-state index in [0.29, 0.717) is 18.1 Å². The molecule has 0 saturated heterocycles. The number of carbonyl (C=O) groups excluding carboxylic acids is 1. The fraction of sp³-hybridized carbons (Fsp3) is 0.111. The van der Waals surface area contributed by atoms with Crippen molar-refractivity contribution in [2.45, 2.75) is 13.5 Å². The summed E-state index contributed by atoms with van der Waals surface area (Å²) in [7, 11) is 0. The number of aryl methyl sites for hydroxylation is 1. The van der Waals surface area contributed by atoms with Gasteiger partial charge in [0.05, 0.1) is 0 Å². The third kappa shape index (κ3) is 4.60. The van der Waals surface area contributed by atoms with Gasteiger partial charge in [0.1, 0.15) is 17.8 Å². The van der Waals surface area contributed by atoms with E-state index in [4.69, 9.17) is 0 Å². The molecule has 25 heavy (non-hydrogen) atoms. The number of nitrogens with one attached hydrogen (secondary N) is 2. The maximum absolute atomic E-state index is 12.4. The monoisotopic (exact) mass is 397 g/mol. The number of anilines is 2. The zero-order chi connectivity index (χ0) is 17.6. The third-order valence-electron chi connectivity index (χ3n) is 3.54. The summed E-state index contributed by atoms with van der Waals surface area (Å²) in [6.07, 6.45) is 4.84. The summed E-state index contributed by atoms with van der Waals surface area (Å²) >= 11 is 3.44. The van der Waals surface area contributed by atoms with Gasteiger partial charge in [-0.3, -0.25) is 9.78 Å². The van der Waals surface area contributed by atoms with Gasteiger partial charge in [-0.05, 0) is 48.4 Å². The lowest BCUT2D eigenvalue weighted by Crippen LogP contribution is -2.14. The van der Waals surface area contributed by atoms with Crippen LogP contribution < -0.4 is 10.6 Å². The summed E-state index contributed by atoms with van der Waals surface area (Å²) in [5.74, 6) is 0.306. The number of hydrogen-bond acceptors (Lipinski definition) is 5. The van der Waals surface area contributed by atoms with Crippen LogP contribution in [0.1, 0.15) is 21.6 Å². The summed E-state index contributed by atoms with van der Waals surface area (Å²) in [4.78, 5) is 24.6. The van der Waals surface area contributed by atoms with Crippen molar-refractivity contribution in [2.75, 3.05) is 10.6 Å². The standard InChI is InChI=1S/C18H16BrN5O/c1-12-8-14(2-3-15(12)19)24-18(25)16-9-17(23-11-22-16)21-10-13-4-6-20-7-5-13/h2-9,11H,10H2,1H3,(H,24,25)(H,21,22,23). The topological polar surface area (TPSA) is 79.8 Å². The van der Waals surface area contributed by atoms with Crippen molar-refractivity contribution >= 4 is 33.3 Å². The van der Waals surface area contributed by atoms with Crippen molar-refractivity contribution in [3.63, 3.8) is 0 Å². The normalized spacial score (nSPS) is 10.3. The number of hydrogen-bond donors (Lipinski definition) is 2. The number of amides is 1. The van der Waals surface area contributed by atoms with Gasteiger partial charge in [0, 0.05) is 35.2 Å². The summed E-state index contributed by atoms with van der Waals surface area (Å²) in [5, 5.41) is 6.01. The Kier molecular flexibility index (Phi) is 5.35. The van der Waals surface area contributed by atoms with E-state index >= 15 is 0 Å². The van der Waals surface area contributed by atoms with Gasteiger partial charge in [-0.2, -0.15) is 0 Å². The molecule has 1 aromatic carbocycles. The van der Waals surface area contributed by atoms with E-state index in [-0.39, 0.29) is 5.91 Å². The van der Waals surface area contributed by atoms with Gasteiger partial charge < -0.3 is 10.6 Å². The molecule has 7 heteroatoms. The van der Waals surface area contributed by atoms with Crippen LogP contribution in [0.15, 0.2) is 59.6 Å². The van der Waals surface area contributed by atoms with Gasteiger partial charge in [0.15, 0.2) is 0 Å². The zero-order valence-electron chi connectivity index (χ0n) is 13.5. The van der Waals surface area contributed by atoms with Crippen molar-refractivity contribution in [3.05, 3.63) is 76.4 Å². The average molecular weight is 398 g/mol. The first-order chi connectivity index (χ1) is 12.1. The number of aromatic nitrogens is 3. The maximum atomic E-state index is 12.4. The van der Waals surface area contributed by atoms with Gasteiger partial charge in [0.2, 0.25) is 0 Å². The minimum absolute atomic E-state index is 0.281. The van der Waals surface area contributed by atoms with Gasteiger partial charge in [-0.25, -0.2) is 9.97 Å². The zero-order valence-corrected chi connectivity index (χ0v) is 15.1. The quantitative estimate of drug-likeness (QED) is 0.684. The molecule has 6 nitrogen and oxygen atoms in total. The third-order valence-corrected chi connectivity index (χ3v) is 4.43. The highest BCUT2D eigenvalue weighted by molar-refractivity contribution is 9.10. The van der Waals surface area contributed by atoms with E-state index in [1.807, 2.05) is 37.3 Å². The van der Waals surface area contributed by atoms with Crippen LogP contribution in [0.4, 0.5) is 11.5 Å². The largest absolute Gasteiger partial charge is 0.366 e. The molecule has 2 N–H and O–H groups in total. The summed E-state index contributed by atoms with van der Waals surface area (Å²) in [6, 6.07) is 11.1. The number of halogens is 1. The van der Waals surface area contributed by atoms with E-state index in [0.717, 1.165) is 21.3 Å². The molecule has 0 radical (unpaired) electrons. The molecular weight excluding hydrogens is 382 g/mol. The Morgan fingerprint density at radius 1 is 1.12 bits per heavy atom. The predicted molar refractivity (Wildman–Crippen MR) is 100 cm³/mol. The van der Waals surface area contributed by atoms with Gasteiger partial charge in [0.25, 0.3) is 5.91 Å². The van der Waals surface area contributed by atoms with Crippen LogP contribution in [0.3, 0.4) is 0 Å². The molecule has 0 aliphatic heterocycles. The van der Waals surface area contributed by atoms with Crippen LogP contribution in [-0.4, -0.2) is 20.9 Å². The van der Waals surface area contributed by atoms with Crippen molar-refractivity contribution in [2.24, 2.45) is 0 Å². The Balaban J connectivity index is 1.67. The van der Waals surface area contributed by atoms with Crippen LogP contribution in [0.2, 0.25) is 0 Å². The van der Waals surface area contributed by atoms with E-state index in [1.165, 1.54) is 6.33 Å². The first kappa shape index (κ1) is 17.0. The van der Waals surface area contributed by atoms with Gasteiger partial charge in [-0.15, -0.1) is 0 Å². The first-order valence-electron chi connectivity index (χ1n) is 7.64. The van der Waals surface area contributed by atoms with E-state index < -0.39 is 0 Å². The number of carbonyl (C=O) groups is 1. The van der Waals surface area contributed by atoms with E-state index in [9.17, 15) is 4.79 Å². The van der Waals surface area contributed by atoms with Crippen LogP contribution in [0, 0.1) is 6.92 Å². The molecule has 0 saturated carbocycles. The summed E-state index contributed by atoms with van der Waals surface area (Å²) < 4.78 is 0.995. The highest BCUT2D eigenvalue weighted by atomic mass is 79.9. The van der Waals surface area contributed by atoms with Crippen molar-refractivity contribution < 1.29 is 4.79 Å². The predicted octanol–water partition coefficient (Wildman–Crippen LogP) is 3.81. The minimum Gasteiger partial charge on any atom is -0.366 e. The van der Waals surface area contributed by atoms with E-state index in [2.05, 4.69) is 41.5 Å². The molecule has 126 valence electrons. The van der Waals surface area contributed by atoms with E-state index in [1.54, 1.807) is 18.5 Å². The lowest BCUT2D eigenvalue weighted by atomic mass is 10.2. The Bertz CT molecular complexity index is 886. The van der Waals surface area contributed by atoms with Gasteiger partial charge >= 0.3 is 0 Å². The fourth-order valence-electron chi connectivity index (χ4n) is 2.19. The second-order valence-corrected chi connectivity index (χ2v) is 6.27. The minimum atomic E-state index is -0.281. The summed E-state index contributed by atoms with van der Waals surface area (Å²) in [6.45, 7) is 2.55. The molecule has 0 bridgehead atoms. The molecule has 0 unspecified atom stereocenters. The highest BCUT2D eigenvalue weighted by Crippen LogP contribution is 2.20. The average Bonchev–Trinajstić information content (AvgIpc) is 2.64. The molecule has 0 fully saturated rings. The highest BCUT2D eigenvalue weighted by Gasteiger charge is 2.10. The fourth-order valence-corrected chi connectivity index (χ4v) is 2.44. The lowest BCUT2D eigenvalue weighted by Gasteiger charge is -2.08. The Morgan fingerprint density at radius 2 is 1.92 bits per heavy atom. The lowest BCUT2D eigenvalue weighted by molar-refractivity contribution is 0.102. The summed E-state index contributed by atoms with van der Waals surface area (Å²) in [5.41, 5.74) is 3.13. The molecule has 3 rings (SSSR count). The molecule has 3 aromatic rings. The van der Waals surface area contributed by atoms with Crippen LogP contribution >= 0.6 is 15.9 Å². The Labute approximate surface area is 153 Å². The molecule has 0 aliphatic rings. The van der Waals surface area contributed by atoms with Crippen LogP contribution in [-0.2, 0) is 6.54 Å². The van der Waals surface area contributed by atoms with Crippen molar-refractivity contribution in [1.29, 1.82) is 0 Å². The smallest absolute Gasteiger partial charge is 0.274 e. The van der Waals surface area contributed by atoms with Crippen LogP contribution in [0.5, 0.6) is 0 Å². The SMILES string of the molecule is Cc1cc(NC(=O)c2cc(NCc3ccncc3)ncn2)ccc1Br. The number of rotatable bonds is 5. The van der Waals surface area contributed by atoms with Gasteiger partial charge in [-0.1, -0.05) is 15.9 Å². The number of nitrogens with zero attached hydrogens (tertiary/aromatic N) is 3. The molecular formula is C18H16BrN5O. The molecule has 2 heterocycles. The van der Waals surface area contributed by atoms with Crippen LogP contribution in [0.25, 0.3) is 0 Å². The molecule has 0 spiro atoms. The first-order valence-corrected chi connectivity index (χ1v) is 8.43. The Hall–Kier alpha value is -2.80. The second kappa shape index (κ2) is 7.85. The second-order valence-electron chi connectivity index (χ2n) is 5.42. The molecule has 1 amide bonds.